The molecule has 0 bridgehead atoms. The van der Waals surface area contributed by atoms with E-state index in [1.807, 2.05) is 31.2 Å². The van der Waals surface area contributed by atoms with E-state index >= 15 is 0 Å². The van der Waals surface area contributed by atoms with Crippen LogP contribution in [0.3, 0.4) is 0 Å². The third-order valence-corrected chi connectivity index (χ3v) is 4.44. The fraction of sp³-hybridized carbons (Fsp3) is 0.429. The first-order chi connectivity index (χ1) is 9.56. The minimum Gasteiger partial charge on any atom is -0.493 e. The maximum absolute atomic E-state index is 11.8. The van der Waals surface area contributed by atoms with E-state index in [-0.39, 0.29) is 11.3 Å². The normalized spacial score (nSPS) is 21.8. The molecule has 0 aromatic heterocycles. The van der Waals surface area contributed by atoms with Crippen LogP contribution in [0.4, 0.5) is 0 Å². The number of para-hydroxylation sites is 1. The van der Waals surface area contributed by atoms with E-state index in [0.29, 0.717) is 18.1 Å². The lowest BCUT2D eigenvalue weighted by atomic mass is 10.1. The monoisotopic (exact) mass is 295 g/mol. The highest BCUT2D eigenvalue weighted by Crippen LogP contribution is 2.44. The van der Waals surface area contributed by atoms with Crippen LogP contribution < -0.4 is 4.74 Å². The highest BCUT2D eigenvalue weighted by Gasteiger charge is 2.41. The molecule has 6 heteroatoms. The molecule has 1 aromatic rings. The molecule has 0 saturated carbocycles. The predicted molar refractivity (Wildman–Crippen MR) is 76.8 cm³/mol. The predicted octanol–water partition coefficient (Wildman–Crippen LogP) is 2.13. The van der Waals surface area contributed by atoms with Gasteiger partial charge in [0.2, 0.25) is 5.91 Å². The number of nitrogens with zero attached hydrogens (tertiary/aromatic N) is 1. The van der Waals surface area contributed by atoms with Crippen molar-refractivity contribution >= 4 is 23.6 Å². The zero-order valence-corrected chi connectivity index (χ0v) is 12.2. The fourth-order valence-corrected chi connectivity index (χ4v) is 3.79. The zero-order valence-electron chi connectivity index (χ0n) is 11.4. The SMILES string of the molecule is CCOc1ccccc1C1SCC(C(=O)O)N1C(C)=O. The second kappa shape index (κ2) is 6.17. The number of rotatable bonds is 4. The van der Waals surface area contributed by atoms with E-state index in [4.69, 9.17) is 4.74 Å². The summed E-state index contributed by atoms with van der Waals surface area (Å²) in [7, 11) is 0. The molecule has 1 heterocycles. The summed E-state index contributed by atoms with van der Waals surface area (Å²) in [6.07, 6.45) is 0. The number of carboxylic acid groups (broad SMARTS) is 1. The van der Waals surface area contributed by atoms with Crippen molar-refractivity contribution in [1.82, 2.24) is 4.90 Å². The van der Waals surface area contributed by atoms with Crippen LogP contribution >= 0.6 is 11.8 Å². The molecule has 108 valence electrons. The molecule has 0 aliphatic carbocycles. The van der Waals surface area contributed by atoms with Crippen LogP contribution in [0, 0.1) is 0 Å². The van der Waals surface area contributed by atoms with Crippen molar-refractivity contribution < 1.29 is 19.4 Å². The molecule has 2 atom stereocenters. The van der Waals surface area contributed by atoms with Gasteiger partial charge in [-0.15, -0.1) is 11.8 Å². The number of ether oxygens (including phenoxy) is 1. The first-order valence-electron chi connectivity index (χ1n) is 6.41. The Kier molecular flexibility index (Phi) is 4.54. The minimum atomic E-state index is -0.968. The molecule has 1 aliphatic heterocycles. The van der Waals surface area contributed by atoms with E-state index in [2.05, 4.69) is 0 Å². The number of benzene rings is 1. The van der Waals surface area contributed by atoms with Gasteiger partial charge in [-0.1, -0.05) is 18.2 Å². The van der Waals surface area contributed by atoms with Crippen molar-refractivity contribution in [3.05, 3.63) is 29.8 Å². The quantitative estimate of drug-likeness (QED) is 0.921. The van der Waals surface area contributed by atoms with Crippen molar-refractivity contribution in [3.8, 4) is 5.75 Å². The highest BCUT2D eigenvalue weighted by atomic mass is 32.2. The molecule has 0 spiro atoms. The van der Waals surface area contributed by atoms with Crippen molar-refractivity contribution in [2.45, 2.75) is 25.3 Å². The fourth-order valence-electron chi connectivity index (χ4n) is 2.29. The maximum Gasteiger partial charge on any atom is 0.327 e. The lowest BCUT2D eigenvalue weighted by molar-refractivity contribution is -0.148. The van der Waals surface area contributed by atoms with Gasteiger partial charge >= 0.3 is 5.97 Å². The van der Waals surface area contributed by atoms with E-state index in [9.17, 15) is 14.7 Å². The first kappa shape index (κ1) is 14.7. The van der Waals surface area contributed by atoms with Crippen LogP contribution in [0.15, 0.2) is 24.3 Å². The Morgan fingerprint density at radius 2 is 2.15 bits per heavy atom. The van der Waals surface area contributed by atoms with Crippen LogP contribution in [0.2, 0.25) is 0 Å². The van der Waals surface area contributed by atoms with Crippen molar-refractivity contribution in [3.63, 3.8) is 0 Å². The van der Waals surface area contributed by atoms with Gasteiger partial charge in [0.05, 0.1) is 6.61 Å². The van der Waals surface area contributed by atoms with Crippen LogP contribution in [0.25, 0.3) is 0 Å². The number of amides is 1. The number of aliphatic carboxylic acids is 1. The summed E-state index contributed by atoms with van der Waals surface area (Å²) in [5, 5.41) is 8.92. The average Bonchev–Trinajstić information content (AvgIpc) is 2.84. The lowest BCUT2D eigenvalue weighted by Gasteiger charge is -2.27. The Labute approximate surface area is 121 Å². The van der Waals surface area contributed by atoms with Gasteiger partial charge in [-0.2, -0.15) is 0 Å². The average molecular weight is 295 g/mol. The molecule has 2 unspecified atom stereocenters. The number of hydrogen-bond donors (Lipinski definition) is 1. The molecular weight excluding hydrogens is 278 g/mol. The van der Waals surface area contributed by atoms with E-state index in [1.165, 1.54) is 23.6 Å². The summed E-state index contributed by atoms with van der Waals surface area (Å²) in [5.41, 5.74) is 0.846. The van der Waals surface area contributed by atoms with Crippen LogP contribution in [0.5, 0.6) is 5.75 Å². The lowest BCUT2D eigenvalue weighted by Crippen LogP contribution is -2.41. The number of thioether (sulfide) groups is 1. The summed E-state index contributed by atoms with van der Waals surface area (Å²) >= 11 is 1.45. The number of carbonyl (C=O) groups excluding carboxylic acids is 1. The van der Waals surface area contributed by atoms with E-state index in [0.717, 1.165) is 5.56 Å². The van der Waals surface area contributed by atoms with Gasteiger partial charge in [-0.05, 0) is 13.0 Å². The smallest absolute Gasteiger partial charge is 0.327 e. The number of hydrogen-bond acceptors (Lipinski definition) is 4. The van der Waals surface area contributed by atoms with E-state index < -0.39 is 12.0 Å². The second-order valence-electron chi connectivity index (χ2n) is 4.44. The van der Waals surface area contributed by atoms with Crippen molar-refractivity contribution in [1.29, 1.82) is 0 Å². The minimum absolute atomic E-state index is 0.237. The molecule has 1 fully saturated rings. The van der Waals surface area contributed by atoms with Gasteiger partial charge in [0, 0.05) is 18.2 Å². The molecule has 0 radical (unpaired) electrons. The van der Waals surface area contributed by atoms with Crippen LogP contribution in [0.1, 0.15) is 24.8 Å². The highest BCUT2D eigenvalue weighted by molar-refractivity contribution is 7.99. The standard InChI is InChI=1S/C14H17NO4S/c1-3-19-12-7-5-4-6-10(12)13-15(9(2)16)11(8-20-13)14(17)18/h4-7,11,13H,3,8H2,1-2H3,(H,17,18). The Hall–Kier alpha value is -1.69. The Balaban J connectivity index is 2.37. The van der Waals surface area contributed by atoms with Crippen LogP contribution in [-0.2, 0) is 9.59 Å². The second-order valence-corrected chi connectivity index (χ2v) is 5.55. The Bertz CT molecular complexity index is 520. The summed E-state index contributed by atoms with van der Waals surface area (Å²) in [6.45, 7) is 3.82. The summed E-state index contributed by atoms with van der Waals surface area (Å²) < 4.78 is 5.57. The van der Waals surface area contributed by atoms with Crippen molar-refractivity contribution in [2.75, 3.05) is 12.4 Å². The third-order valence-electron chi connectivity index (χ3n) is 3.13. The van der Waals surface area contributed by atoms with Gasteiger partial charge in [-0.3, -0.25) is 4.79 Å². The Morgan fingerprint density at radius 1 is 1.45 bits per heavy atom. The summed E-state index contributed by atoms with van der Waals surface area (Å²) in [6, 6.07) is 6.66. The Morgan fingerprint density at radius 3 is 2.75 bits per heavy atom. The van der Waals surface area contributed by atoms with Gasteiger partial charge in [0.15, 0.2) is 0 Å². The summed E-state index contributed by atoms with van der Waals surface area (Å²) in [4.78, 5) is 24.5. The van der Waals surface area contributed by atoms with Gasteiger partial charge < -0.3 is 14.7 Å². The molecular formula is C14H17NO4S. The molecule has 5 nitrogen and oxygen atoms in total. The molecule has 1 amide bonds. The van der Waals surface area contributed by atoms with Gasteiger partial charge in [0.25, 0.3) is 0 Å². The molecule has 20 heavy (non-hydrogen) atoms. The largest absolute Gasteiger partial charge is 0.493 e. The van der Waals surface area contributed by atoms with E-state index in [1.54, 1.807) is 0 Å². The molecule has 1 saturated heterocycles. The third kappa shape index (κ3) is 2.75. The van der Waals surface area contributed by atoms with Crippen LogP contribution in [-0.4, -0.2) is 40.3 Å². The first-order valence-corrected chi connectivity index (χ1v) is 7.46. The van der Waals surface area contributed by atoms with Gasteiger partial charge in [0.1, 0.15) is 17.2 Å². The topological polar surface area (TPSA) is 66.8 Å². The zero-order chi connectivity index (χ0) is 14.7. The molecule has 1 aliphatic rings. The molecule has 1 aromatic carbocycles. The number of carbonyl (C=O) groups is 2. The van der Waals surface area contributed by atoms with Crippen molar-refractivity contribution in [2.24, 2.45) is 0 Å². The molecule has 1 N–H and O–H groups in total. The summed E-state index contributed by atoms with van der Waals surface area (Å²) in [5.74, 6) is -0.118. The number of carboxylic acids is 1. The molecule has 2 rings (SSSR count). The van der Waals surface area contributed by atoms with Gasteiger partial charge in [-0.25, -0.2) is 4.79 Å². The maximum atomic E-state index is 11.8.